The highest BCUT2D eigenvalue weighted by Gasteiger charge is 2.41. The standard InChI is InChI=1S/C16H22N2O4S/c19-16(4-1-14-7-10-22-12-14)17-11-13-5-8-18(9-6-13)23(20,21)15-2-3-15/h1,4,7,10,12-13,15H,2-3,5-6,8-9,11H2,(H,17,19)/b4-1+. The lowest BCUT2D eigenvalue weighted by atomic mass is 9.98. The van der Waals surface area contributed by atoms with Crippen LogP contribution in [0.4, 0.5) is 0 Å². The van der Waals surface area contributed by atoms with Crippen LogP contribution in [0.1, 0.15) is 31.2 Å². The summed E-state index contributed by atoms with van der Waals surface area (Å²) in [5.74, 6) is 0.200. The number of carbonyl (C=O) groups is 1. The van der Waals surface area contributed by atoms with Crippen molar-refractivity contribution in [3.8, 4) is 0 Å². The zero-order chi connectivity index (χ0) is 16.3. The Hall–Kier alpha value is -1.60. The van der Waals surface area contributed by atoms with Crippen molar-refractivity contribution in [2.75, 3.05) is 19.6 Å². The number of furan rings is 1. The van der Waals surface area contributed by atoms with Crippen LogP contribution in [-0.4, -0.2) is 43.5 Å². The summed E-state index contributed by atoms with van der Waals surface area (Å²) in [5.41, 5.74) is 0.846. The second-order valence-electron chi connectivity index (χ2n) is 6.22. The van der Waals surface area contributed by atoms with Gasteiger partial charge in [0, 0.05) is 31.3 Å². The topological polar surface area (TPSA) is 79.6 Å². The van der Waals surface area contributed by atoms with E-state index in [0.717, 1.165) is 31.2 Å². The van der Waals surface area contributed by atoms with Crippen LogP contribution in [-0.2, 0) is 14.8 Å². The van der Waals surface area contributed by atoms with Gasteiger partial charge in [0.1, 0.15) is 0 Å². The fraction of sp³-hybridized carbons (Fsp3) is 0.562. The molecule has 1 aromatic heterocycles. The van der Waals surface area contributed by atoms with Gasteiger partial charge in [0.2, 0.25) is 15.9 Å². The second-order valence-corrected chi connectivity index (χ2v) is 8.43. The van der Waals surface area contributed by atoms with Gasteiger partial charge in [-0.1, -0.05) is 0 Å². The van der Waals surface area contributed by atoms with Gasteiger partial charge in [0.25, 0.3) is 0 Å². The van der Waals surface area contributed by atoms with Crippen molar-refractivity contribution in [2.45, 2.75) is 30.9 Å². The highest BCUT2D eigenvalue weighted by atomic mass is 32.2. The van der Waals surface area contributed by atoms with E-state index < -0.39 is 10.0 Å². The van der Waals surface area contributed by atoms with Gasteiger partial charge < -0.3 is 9.73 Å². The van der Waals surface area contributed by atoms with E-state index in [-0.39, 0.29) is 11.2 Å². The van der Waals surface area contributed by atoms with Crippen LogP contribution < -0.4 is 5.32 Å². The smallest absolute Gasteiger partial charge is 0.244 e. The number of amides is 1. The number of sulfonamides is 1. The predicted molar refractivity (Wildman–Crippen MR) is 87.0 cm³/mol. The predicted octanol–water partition coefficient (Wildman–Crippen LogP) is 1.61. The van der Waals surface area contributed by atoms with Gasteiger partial charge in [-0.15, -0.1) is 0 Å². The van der Waals surface area contributed by atoms with Crippen LogP contribution in [0.15, 0.2) is 29.1 Å². The molecule has 1 aromatic rings. The number of piperidine rings is 1. The molecule has 1 aliphatic heterocycles. The third-order valence-electron chi connectivity index (χ3n) is 4.41. The van der Waals surface area contributed by atoms with Crippen molar-refractivity contribution in [1.82, 2.24) is 9.62 Å². The average molecular weight is 338 g/mol. The van der Waals surface area contributed by atoms with E-state index in [9.17, 15) is 13.2 Å². The van der Waals surface area contributed by atoms with Gasteiger partial charge in [-0.2, -0.15) is 0 Å². The van der Waals surface area contributed by atoms with E-state index >= 15 is 0 Å². The van der Waals surface area contributed by atoms with E-state index in [1.54, 1.807) is 29.0 Å². The lowest BCUT2D eigenvalue weighted by Gasteiger charge is -2.31. The van der Waals surface area contributed by atoms with Crippen LogP contribution >= 0.6 is 0 Å². The minimum absolute atomic E-state index is 0.133. The summed E-state index contributed by atoms with van der Waals surface area (Å²) in [5, 5.41) is 2.75. The Labute approximate surface area is 136 Å². The molecule has 2 heterocycles. The second kappa shape index (κ2) is 6.88. The monoisotopic (exact) mass is 338 g/mol. The molecule has 3 rings (SSSR count). The summed E-state index contributed by atoms with van der Waals surface area (Å²) in [7, 11) is -3.05. The molecule has 126 valence electrons. The molecule has 1 aliphatic carbocycles. The van der Waals surface area contributed by atoms with Crippen molar-refractivity contribution in [3.05, 3.63) is 30.2 Å². The Balaban J connectivity index is 1.40. The molecule has 1 saturated heterocycles. The van der Waals surface area contributed by atoms with Crippen LogP contribution in [0, 0.1) is 5.92 Å². The van der Waals surface area contributed by atoms with Crippen molar-refractivity contribution >= 4 is 22.0 Å². The number of nitrogens with zero attached hydrogens (tertiary/aromatic N) is 1. The number of hydrogen-bond acceptors (Lipinski definition) is 4. The molecule has 6 nitrogen and oxygen atoms in total. The number of hydrogen-bond donors (Lipinski definition) is 1. The van der Waals surface area contributed by atoms with E-state index in [4.69, 9.17) is 4.42 Å². The van der Waals surface area contributed by atoms with Gasteiger partial charge in [-0.05, 0) is 43.7 Å². The summed E-state index contributed by atoms with van der Waals surface area (Å²) in [6, 6.07) is 1.78. The molecule has 0 aromatic carbocycles. The number of carbonyl (C=O) groups excluding carboxylic acids is 1. The molecule has 1 N–H and O–H groups in total. The lowest BCUT2D eigenvalue weighted by Crippen LogP contribution is -2.42. The maximum atomic E-state index is 12.2. The van der Waals surface area contributed by atoms with Crippen molar-refractivity contribution in [1.29, 1.82) is 0 Å². The van der Waals surface area contributed by atoms with Gasteiger partial charge in [0.05, 0.1) is 17.8 Å². The summed E-state index contributed by atoms with van der Waals surface area (Å²) in [6.07, 6.45) is 9.53. The van der Waals surface area contributed by atoms with Crippen molar-refractivity contribution < 1.29 is 17.6 Å². The zero-order valence-electron chi connectivity index (χ0n) is 13.0. The first kappa shape index (κ1) is 16.3. The first-order valence-electron chi connectivity index (χ1n) is 8.03. The molecule has 0 bridgehead atoms. The molecule has 1 amide bonds. The molecule has 0 unspecified atom stereocenters. The van der Waals surface area contributed by atoms with Crippen LogP contribution in [0.25, 0.3) is 6.08 Å². The molecule has 0 spiro atoms. The maximum absolute atomic E-state index is 12.2. The molecule has 1 saturated carbocycles. The fourth-order valence-electron chi connectivity index (χ4n) is 2.79. The maximum Gasteiger partial charge on any atom is 0.244 e. The Morgan fingerprint density at radius 2 is 2.04 bits per heavy atom. The van der Waals surface area contributed by atoms with E-state index in [1.165, 1.54) is 6.08 Å². The largest absolute Gasteiger partial charge is 0.472 e. The number of nitrogens with one attached hydrogen (secondary N) is 1. The highest BCUT2D eigenvalue weighted by molar-refractivity contribution is 7.90. The molecule has 2 fully saturated rings. The average Bonchev–Trinajstić information content (AvgIpc) is 3.29. The summed E-state index contributed by atoms with van der Waals surface area (Å²) < 4.78 is 30.9. The minimum atomic E-state index is -3.05. The number of rotatable bonds is 6. The first-order valence-corrected chi connectivity index (χ1v) is 9.53. The quantitative estimate of drug-likeness (QED) is 0.799. The lowest BCUT2D eigenvalue weighted by molar-refractivity contribution is -0.116. The molecule has 23 heavy (non-hydrogen) atoms. The van der Waals surface area contributed by atoms with Gasteiger partial charge >= 0.3 is 0 Å². The fourth-order valence-corrected chi connectivity index (χ4v) is 4.66. The summed E-state index contributed by atoms with van der Waals surface area (Å²) >= 11 is 0. The molecule has 0 radical (unpaired) electrons. The van der Waals surface area contributed by atoms with E-state index in [1.807, 2.05) is 0 Å². The van der Waals surface area contributed by atoms with Gasteiger partial charge in [-0.25, -0.2) is 12.7 Å². The summed E-state index contributed by atoms with van der Waals surface area (Å²) in [4.78, 5) is 11.8. The van der Waals surface area contributed by atoms with Crippen molar-refractivity contribution in [3.63, 3.8) is 0 Å². The SMILES string of the molecule is O=C(/C=C/c1ccoc1)NCC1CCN(S(=O)(=O)C2CC2)CC1. The van der Waals surface area contributed by atoms with Gasteiger partial charge in [0.15, 0.2) is 0 Å². The Kier molecular flexibility index (Phi) is 4.87. The molecule has 7 heteroatoms. The third kappa shape index (κ3) is 4.23. The Morgan fingerprint density at radius 1 is 1.30 bits per heavy atom. The van der Waals surface area contributed by atoms with Crippen LogP contribution in [0.2, 0.25) is 0 Å². The third-order valence-corrected chi connectivity index (χ3v) is 6.81. The minimum Gasteiger partial charge on any atom is -0.472 e. The molecule has 0 atom stereocenters. The zero-order valence-corrected chi connectivity index (χ0v) is 13.8. The normalized spacial score (nSPS) is 20.9. The molecule has 2 aliphatic rings. The van der Waals surface area contributed by atoms with Gasteiger partial charge in [-0.3, -0.25) is 4.79 Å². The van der Waals surface area contributed by atoms with Crippen molar-refractivity contribution in [2.24, 2.45) is 5.92 Å². The molecular weight excluding hydrogens is 316 g/mol. The highest BCUT2D eigenvalue weighted by Crippen LogP contribution is 2.32. The summed E-state index contributed by atoms with van der Waals surface area (Å²) in [6.45, 7) is 1.74. The Bertz CT molecular complexity index is 654. The first-order chi connectivity index (χ1) is 11.1. The van der Waals surface area contributed by atoms with Crippen LogP contribution in [0.5, 0.6) is 0 Å². The van der Waals surface area contributed by atoms with Crippen LogP contribution in [0.3, 0.4) is 0 Å². The molecular formula is C16H22N2O4S. The van der Waals surface area contributed by atoms with E-state index in [2.05, 4.69) is 5.32 Å². The Morgan fingerprint density at radius 3 is 2.65 bits per heavy atom. The van der Waals surface area contributed by atoms with E-state index in [0.29, 0.717) is 25.6 Å².